The molecule has 4 heteroatoms. The van der Waals surface area contributed by atoms with Crippen LogP contribution in [0.5, 0.6) is 0 Å². The number of aliphatic carboxylic acids is 1. The van der Waals surface area contributed by atoms with Crippen molar-refractivity contribution in [2.75, 3.05) is 0 Å². The first-order valence-corrected chi connectivity index (χ1v) is 10.4. The monoisotopic (exact) mass is 354 g/mol. The summed E-state index contributed by atoms with van der Waals surface area (Å²) >= 11 is 0. The van der Waals surface area contributed by atoms with Gasteiger partial charge in [-0.05, 0) is 51.9 Å². The fourth-order valence-corrected chi connectivity index (χ4v) is 4.06. The number of carbonyl (C=O) groups excluding carboxylic acids is 1. The van der Waals surface area contributed by atoms with Crippen LogP contribution in [0.25, 0.3) is 0 Å². The van der Waals surface area contributed by atoms with Crippen LogP contribution in [0.4, 0.5) is 0 Å². The topological polar surface area (TPSA) is 74.6 Å². The number of unbranched alkanes of at least 4 members (excludes halogenated alkanes) is 3. The van der Waals surface area contributed by atoms with Crippen LogP contribution in [-0.2, 0) is 9.59 Å². The van der Waals surface area contributed by atoms with E-state index in [9.17, 15) is 14.7 Å². The zero-order valence-electron chi connectivity index (χ0n) is 16.1. The van der Waals surface area contributed by atoms with Crippen LogP contribution in [-0.4, -0.2) is 27.6 Å². The maximum atomic E-state index is 11.9. The van der Waals surface area contributed by atoms with Gasteiger partial charge in [-0.15, -0.1) is 0 Å². The Labute approximate surface area is 153 Å². The van der Waals surface area contributed by atoms with Gasteiger partial charge in [-0.1, -0.05) is 51.4 Å². The number of carbonyl (C=O) groups is 2. The molecule has 1 aliphatic carbocycles. The summed E-state index contributed by atoms with van der Waals surface area (Å²) in [6.45, 7) is 1.68. The molecule has 1 fully saturated rings. The number of hydrogen-bond donors (Lipinski definition) is 2. The molecule has 0 aromatic carbocycles. The minimum atomic E-state index is -0.728. The van der Waals surface area contributed by atoms with Crippen molar-refractivity contribution in [1.82, 2.24) is 0 Å². The van der Waals surface area contributed by atoms with Crippen molar-refractivity contribution >= 4 is 11.8 Å². The standard InChI is InChI=1S/C21H38O4/c1-18(22)19(12-7-3-4-8-14-20(23)24)13-11-17-21(25)15-9-5-2-6-10-16-21/h19,25H,2-17H2,1H3,(H,23,24). The van der Waals surface area contributed by atoms with Gasteiger partial charge in [0.1, 0.15) is 5.78 Å². The molecule has 2 N–H and O–H groups in total. The SMILES string of the molecule is CC(=O)C(CCCCCCC(=O)O)CCCC1(O)CCCCCCC1. The first-order valence-electron chi connectivity index (χ1n) is 10.4. The number of carboxylic acid groups (broad SMARTS) is 1. The van der Waals surface area contributed by atoms with Gasteiger partial charge in [-0.3, -0.25) is 9.59 Å². The summed E-state index contributed by atoms with van der Waals surface area (Å²) in [6.07, 6.45) is 15.3. The Morgan fingerprint density at radius 2 is 1.44 bits per heavy atom. The fourth-order valence-electron chi connectivity index (χ4n) is 4.06. The van der Waals surface area contributed by atoms with Crippen molar-refractivity contribution in [3.63, 3.8) is 0 Å². The zero-order valence-corrected chi connectivity index (χ0v) is 16.1. The molecule has 1 saturated carbocycles. The molecule has 0 aromatic heterocycles. The Balaban J connectivity index is 2.23. The summed E-state index contributed by atoms with van der Waals surface area (Å²) in [4.78, 5) is 22.4. The van der Waals surface area contributed by atoms with E-state index in [1.807, 2.05) is 0 Å². The Morgan fingerprint density at radius 3 is 2.04 bits per heavy atom. The normalized spacial score (nSPS) is 19.0. The number of ketones is 1. The summed E-state index contributed by atoms with van der Waals surface area (Å²) in [5.41, 5.74) is -0.501. The molecule has 0 heterocycles. The first kappa shape index (κ1) is 22.1. The van der Waals surface area contributed by atoms with Gasteiger partial charge in [-0.2, -0.15) is 0 Å². The van der Waals surface area contributed by atoms with E-state index < -0.39 is 11.6 Å². The molecule has 1 unspecified atom stereocenters. The van der Waals surface area contributed by atoms with E-state index in [2.05, 4.69) is 0 Å². The molecule has 146 valence electrons. The second-order valence-electron chi connectivity index (χ2n) is 8.04. The van der Waals surface area contributed by atoms with Gasteiger partial charge in [0, 0.05) is 12.3 Å². The van der Waals surface area contributed by atoms with Gasteiger partial charge in [0.15, 0.2) is 0 Å². The Morgan fingerprint density at radius 1 is 0.880 bits per heavy atom. The second kappa shape index (κ2) is 12.5. The summed E-state index contributed by atoms with van der Waals surface area (Å²) in [7, 11) is 0. The molecule has 1 rings (SSSR count). The highest BCUT2D eigenvalue weighted by Gasteiger charge is 2.27. The van der Waals surface area contributed by atoms with Gasteiger partial charge < -0.3 is 10.2 Å². The van der Waals surface area contributed by atoms with Gasteiger partial charge in [0.2, 0.25) is 0 Å². The molecule has 25 heavy (non-hydrogen) atoms. The van der Waals surface area contributed by atoms with Crippen LogP contribution < -0.4 is 0 Å². The van der Waals surface area contributed by atoms with Crippen LogP contribution >= 0.6 is 0 Å². The molecule has 4 nitrogen and oxygen atoms in total. The van der Waals surface area contributed by atoms with Crippen molar-refractivity contribution in [3.8, 4) is 0 Å². The largest absolute Gasteiger partial charge is 0.481 e. The molecule has 0 bridgehead atoms. The quantitative estimate of drug-likeness (QED) is 0.469. The van der Waals surface area contributed by atoms with Gasteiger partial charge in [0.05, 0.1) is 5.60 Å². The highest BCUT2D eigenvalue weighted by atomic mass is 16.4. The van der Waals surface area contributed by atoms with E-state index in [0.717, 1.165) is 77.0 Å². The summed E-state index contributed by atoms with van der Waals surface area (Å²) in [5, 5.41) is 19.4. The Kier molecular flexibility index (Phi) is 11.0. The average molecular weight is 355 g/mol. The summed E-state index contributed by atoms with van der Waals surface area (Å²) in [6, 6.07) is 0. The van der Waals surface area contributed by atoms with Gasteiger partial charge >= 0.3 is 5.97 Å². The van der Waals surface area contributed by atoms with Gasteiger partial charge in [0.25, 0.3) is 0 Å². The van der Waals surface area contributed by atoms with Crippen LogP contribution in [0.15, 0.2) is 0 Å². The first-order chi connectivity index (χ1) is 11.9. The highest BCUT2D eigenvalue weighted by molar-refractivity contribution is 5.78. The maximum Gasteiger partial charge on any atom is 0.303 e. The van der Waals surface area contributed by atoms with Crippen molar-refractivity contribution in [2.45, 2.75) is 115 Å². The van der Waals surface area contributed by atoms with Crippen LogP contribution in [0.1, 0.15) is 110 Å². The highest BCUT2D eigenvalue weighted by Crippen LogP contribution is 2.31. The third-order valence-corrected chi connectivity index (χ3v) is 5.75. The van der Waals surface area contributed by atoms with Crippen molar-refractivity contribution in [2.24, 2.45) is 5.92 Å². The van der Waals surface area contributed by atoms with Gasteiger partial charge in [-0.25, -0.2) is 0 Å². The fraction of sp³-hybridized carbons (Fsp3) is 0.905. The Hall–Kier alpha value is -0.900. The van der Waals surface area contributed by atoms with E-state index in [1.54, 1.807) is 6.92 Å². The molecule has 1 aliphatic rings. The predicted molar refractivity (Wildman–Crippen MR) is 101 cm³/mol. The molecule has 1 atom stereocenters. The molecule has 0 amide bonds. The van der Waals surface area contributed by atoms with Crippen molar-refractivity contribution < 1.29 is 19.8 Å². The number of Topliss-reactive ketones (excluding diaryl/α,β-unsaturated/α-hetero) is 1. The molecule has 0 radical (unpaired) electrons. The maximum absolute atomic E-state index is 11.9. The lowest BCUT2D eigenvalue weighted by Gasteiger charge is -2.30. The minimum absolute atomic E-state index is 0.108. The summed E-state index contributed by atoms with van der Waals surface area (Å²) in [5.74, 6) is -0.361. The molecular formula is C21H38O4. The minimum Gasteiger partial charge on any atom is -0.481 e. The van der Waals surface area contributed by atoms with Crippen LogP contribution in [0, 0.1) is 5.92 Å². The van der Waals surface area contributed by atoms with E-state index in [4.69, 9.17) is 5.11 Å². The average Bonchev–Trinajstić information content (AvgIpc) is 2.52. The van der Waals surface area contributed by atoms with Crippen LogP contribution in [0.3, 0.4) is 0 Å². The lowest BCUT2D eigenvalue weighted by Crippen LogP contribution is -2.29. The molecule has 0 aliphatic heterocycles. The van der Waals surface area contributed by atoms with Crippen molar-refractivity contribution in [1.29, 1.82) is 0 Å². The number of rotatable bonds is 12. The number of hydrogen-bond acceptors (Lipinski definition) is 3. The van der Waals surface area contributed by atoms with Crippen molar-refractivity contribution in [3.05, 3.63) is 0 Å². The second-order valence-corrected chi connectivity index (χ2v) is 8.04. The molecule has 0 spiro atoms. The Bertz CT molecular complexity index is 383. The number of carboxylic acids is 1. The van der Waals surface area contributed by atoms with Crippen LogP contribution in [0.2, 0.25) is 0 Å². The molecular weight excluding hydrogens is 316 g/mol. The lowest BCUT2D eigenvalue weighted by atomic mass is 9.82. The van der Waals surface area contributed by atoms with E-state index in [0.29, 0.717) is 0 Å². The number of aliphatic hydroxyl groups is 1. The van der Waals surface area contributed by atoms with E-state index in [1.165, 1.54) is 19.3 Å². The lowest BCUT2D eigenvalue weighted by molar-refractivity contribution is -0.137. The smallest absolute Gasteiger partial charge is 0.303 e. The molecule has 0 saturated heterocycles. The van der Waals surface area contributed by atoms with E-state index >= 15 is 0 Å². The predicted octanol–water partition coefficient (Wildman–Crippen LogP) is 5.26. The summed E-state index contributed by atoms with van der Waals surface area (Å²) < 4.78 is 0. The third kappa shape index (κ3) is 10.6. The third-order valence-electron chi connectivity index (χ3n) is 5.75. The van der Waals surface area contributed by atoms with E-state index in [-0.39, 0.29) is 18.1 Å². The molecule has 0 aromatic rings. The zero-order chi connectivity index (χ0) is 18.5.